The molecule has 10 nitrogen and oxygen atoms in total. The number of rotatable bonds is 8. The van der Waals surface area contributed by atoms with Crippen molar-refractivity contribution in [2.75, 3.05) is 17.2 Å². The van der Waals surface area contributed by atoms with Crippen molar-refractivity contribution in [3.05, 3.63) is 105 Å². The van der Waals surface area contributed by atoms with Gasteiger partial charge in [-0.15, -0.1) is 10.2 Å². The molecule has 198 valence electrons. The highest BCUT2D eigenvalue weighted by atomic mass is 32.2. The van der Waals surface area contributed by atoms with Crippen molar-refractivity contribution < 1.29 is 14.5 Å². The number of hydrogen-bond donors (Lipinski definition) is 1. The first-order valence-corrected chi connectivity index (χ1v) is 13.4. The smallest absolute Gasteiger partial charge is 0.273 e. The number of anilines is 1. The van der Waals surface area contributed by atoms with Crippen LogP contribution in [0.2, 0.25) is 0 Å². The minimum Gasteiger partial charge on any atom is -0.345 e. The normalized spacial score (nSPS) is 12.6. The van der Waals surface area contributed by atoms with E-state index in [2.05, 4.69) is 21.6 Å². The van der Waals surface area contributed by atoms with E-state index in [0.29, 0.717) is 23.1 Å². The van der Waals surface area contributed by atoms with Crippen LogP contribution in [0.25, 0.3) is 5.69 Å². The van der Waals surface area contributed by atoms with Crippen LogP contribution in [-0.4, -0.2) is 43.8 Å². The molecular formula is C28H26N6O4S. The molecule has 2 heterocycles. The lowest BCUT2D eigenvalue weighted by Crippen LogP contribution is -2.36. The molecule has 0 fully saturated rings. The SMILES string of the molecule is Cc1ccc(C(=O)NCc2nnc(SCC(=O)N3CCCc4ccccc43)n2-c2ccccc2)cc1[N+](=O)[O-]. The summed E-state index contributed by atoms with van der Waals surface area (Å²) < 4.78 is 1.81. The molecule has 0 bridgehead atoms. The van der Waals surface area contributed by atoms with Crippen LogP contribution < -0.4 is 10.2 Å². The first-order valence-electron chi connectivity index (χ1n) is 12.5. The van der Waals surface area contributed by atoms with Crippen LogP contribution in [0.4, 0.5) is 11.4 Å². The predicted molar refractivity (Wildman–Crippen MR) is 148 cm³/mol. The van der Waals surface area contributed by atoms with Gasteiger partial charge in [0, 0.05) is 35.1 Å². The van der Waals surface area contributed by atoms with Gasteiger partial charge in [0.1, 0.15) is 0 Å². The number of nitro groups is 1. The maximum Gasteiger partial charge on any atom is 0.273 e. The second-order valence-electron chi connectivity index (χ2n) is 9.08. The summed E-state index contributed by atoms with van der Waals surface area (Å²) in [6.07, 6.45) is 1.88. The summed E-state index contributed by atoms with van der Waals surface area (Å²) in [5, 5.41) is 23.2. The fraction of sp³-hybridized carbons (Fsp3) is 0.214. The monoisotopic (exact) mass is 542 g/mol. The molecule has 1 aliphatic heterocycles. The number of carbonyl (C=O) groups excluding carboxylic acids is 2. The molecule has 3 aromatic carbocycles. The Kier molecular flexibility index (Phi) is 7.69. The van der Waals surface area contributed by atoms with Gasteiger partial charge in [0.25, 0.3) is 11.6 Å². The summed E-state index contributed by atoms with van der Waals surface area (Å²) in [5.74, 6) is 0.174. The predicted octanol–water partition coefficient (Wildman–Crippen LogP) is 4.49. The number of carbonyl (C=O) groups is 2. The van der Waals surface area contributed by atoms with Gasteiger partial charge in [-0.2, -0.15) is 0 Å². The lowest BCUT2D eigenvalue weighted by molar-refractivity contribution is -0.385. The zero-order chi connectivity index (χ0) is 27.4. The van der Waals surface area contributed by atoms with Gasteiger partial charge in [0.15, 0.2) is 11.0 Å². The zero-order valence-corrected chi connectivity index (χ0v) is 22.1. The maximum atomic E-state index is 13.2. The van der Waals surface area contributed by atoms with Gasteiger partial charge in [-0.05, 0) is 49.6 Å². The molecule has 1 aromatic heterocycles. The number of fused-ring (bicyclic) bond motifs is 1. The number of nitrogens with one attached hydrogen (secondary N) is 1. The number of thioether (sulfide) groups is 1. The largest absolute Gasteiger partial charge is 0.345 e. The molecule has 5 rings (SSSR count). The average Bonchev–Trinajstić information content (AvgIpc) is 3.37. The molecule has 39 heavy (non-hydrogen) atoms. The third-order valence-corrected chi connectivity index (χ3v) is 7.44. The molecule has 4 aromatic rings. The Morgan fingerprint density at radius 3 is 2.62 bits per heavy atom. The number of aromatic nitrogens is 3. The summed E-state index contributed by atoms with van der Waals surface area (Å²) in [4.78, 5) is 38.6. The van der Waals surface area contributed by atoms with E-state index in [-0.39, 0.29) is 29.5 Å². The van der Waals surface area contributed by atoms with Crippen molar-refractivity contribution in [1.82, 2.24) is 20.1 Å². The van der Waals surface area contributed by atoms with Crippen LogP contribution >= 0.6 is 11.8 Å². The van der Waals surface area contributed by atoms with E-state index in [1.54, 1.807) is 23.6 Å². The van der Waals surface area contributed by atoms with E-state index in [0.717, 1.165) is 24.2 Å². The van der Waals surface area contributed by atoms with Crippen LogP contribution in [0.3, 0.4) is 0 Å². The summed E-state index contributed by atoms with van der Waals surface area (Å²) in [6.45, 7) is 2.34. The van der Waals surface area contributed by atoms with E-state index < -0.39 is 10.8 Å². The fourth-order valence-electron chi connectivity index (χ4n) is 4.55. The summed E-state index contributed by atoms with van der Waals surface area (Å²) in [6, 6.07) is 21.8. The summed E-state index contributed by atoms with van der Waals surface area (Å²) >= 11 is 1.29. The van der Waals surface area contributed by atoms with E-state index >= 15 is 0 Å². The van der Waals surface area contributed by atoms with Crippen LogP contribution in [0, 0.1) is 17.0 Å². The molecule has 0 radical (unpaired) electrons. The van der Waals surface area contributed by atoms with Crippen molar-refractivity contribution in [2.45, 2.75) is 31.5 Å². The highest BCUT2D eigenvalue weighted by Crippen LogP contribution is 2.29. The summed E-state index contributed by atoms with van der Waals surface area (Å²) in [7, 11) is 0. The molecular weight excluding hydrogens is 516 g/mol. The van der Waals surface area contributed by atoms with Gasteiger partial charge in [-0.1, -0.05) is 54.2 Å². The van der Waals surface area contributed by atoms with Crippen LogP contribution in [0.1, 0.15) is 33.7 Å². The molecule has 2 amide bonds. The van der Waals surface area contributed by atoms with Gasteiger partial charge < -0.3 is 10.2 Å². The topological polar surface area (TPSA) is 123 Å². The number of nitro benzene ring substituents is 1. The Balaban J connectivity index is 1.33. The van der Waals surface area contributed by atoms with Crippen molar-refractivity contribution in [2.24, 2.45) is 0 Å². The fourth-order valence-corrected chi connectivity index (χ4v) is 5.40. The van der Waals surface area contributed by atoms with Crippen LogP contribution in [0.15, 0.2) is 78.0 Å². The molecule has 11 heteroatoms. The van der Waals surface area contributed by atoms with Gasteiger partial charge >= 0.3 is 0 Å². The van der Waals surface area contributed by atoms with Crippen LogP contribution in [-0.2, 0) is 17.8 Å². The van der Waals surface area contributed by atoms with Gasteiger partial charge in [-0.3, -0.25) is 24.3 Å². The lowest BCUT2D eigenvalue weighted by Gasteiger charge is -2.29. The third-order valence-electron chi connectivity index (χ3n) is 6.53. The first kappa shape index (κ1) is 26.1. The Morgan fingerprint density at radius 1 is 1.05 bits per heavy atom. The summed E-state index contributed by atoms with van der Waals surface area (Å²) in [5.41, 5.74) is 3.46. The third kappa shape index (κ3) is 5.68. The number of hydrogen-bond acceptors (Lipinski definition) is 7. The van der Waals surface area contributed by atoms with E-state index in [4.69, 9.17) is 0 Å². The quantitative estimate of drug-likeness (QED) is 0.198. The number of nitrogens with zero attached hydrogens (tertiary/aromatic N) is 5. The van der Waals surface area contributed by atoms with Crippen molar-refractivity contribution >= 4 is 35.0 Å². The zero-order valence-electron chi connectivity index (χ0n) is 21.2. The molecule has 0 saturated heterocycles. The first-order chi connectivity index (χ1) is 18.9. The van der Waals surface area contributed by atoms with Gasteiger partial charge in [0.2, 0.25) is 5.91 Å². The number of aryl methyl sites for hydroxylation is 2. The maximum absolute atomic E-state index is 13.2. The number of amides is 2. The average molecular weight is 543 g/mol. The molecule has 0 unspecified atom stereocenters. The van der Waals surface area contributed by atoms with Gasteiger partial charge in [-0.25, -0.2) is 0 Å². The minimum absolute atomic E-state index is 0.00872. The highest BCUT2D eigenvalue weighted by Gasteiger charge is 2.24. The van der Waals surface area contributed by atoms with Crippen molar-refractivity contribution in [3.63, 3.8) is 0 Å². The number of para-hydroxylation sites is 2. The molecule has 0 aliphatic carbocycles. The van der Waals surface area contributed by atoms with E-state index in [9.17, 15) is 19.7 Å². The van der Waals surface area contributed by atoms with E-state index in [1.165, 1.54) is 23.4 Å². The molecule has 0 atom stereocenters. The van der Waals surface area contributed by atoms with Crippen molar-refractivity contribution in [1.29, 1.82) is 0 Å². The second-order valence-corrected chi connectivity index (χ2v) is 10.0. The molecule has 0 spiro atoms. The van der Waals surface area contributed by atoms with E-state index in [1.807, 2.05) is 53.4 Å². The second kappa shape index (κ2) is 11.5. The Morgan fingerprint density at radius 2 is 1.82 bits per heavy atom. The highest BCUT2D eigenvalue weighted by molar-refractivity contribution is 7.99. The Hall–Kier alpha value is -4.51. The Labute approximate surface area is 229 Å². The Bertz CT molecular complexity index is 1540. The number of benzene rings is 3. The lowest BCUT2D eigenvalue weighted by atomic mass is 10.0. The minimum atomic E-state index is -0.509. The molecule has 0 saturated carbocycles. The van der Waals surface area contributed by atoms with Gasteiger partial charge in [0.05, 0.1) is 17.2 Å². The van der Waals surface area contributed by atoms with Crippen molar-refractivity contribution in [3.8, 4) is 5.69 Å². The molecule has 1 aliphatic rings. The van der Waals surface area contributed by atoms with Crippen LogP contribution in [0.5, 0.6) is 0 Å². The standard InChI is InChI=1S/C28H26N6O4S/c1-19-13-14-21(16-24(19)34(37)38)27(36)29-17-25-30-31-28(33(25)22-10-3-2-4-11-22)39-18-26(35)32-15-7-9-20-8-5-6-12-23(20)32/h2-6,8,10-14,16H,7,9,15,17-18H2,1H3,(H,29,36). The molecule has 1 N–H and O–H groups in total.